The van der Waals surface area contributed by atoms with Crippen LogP contribution in [0, 0.1) is 0 Å². The largest absolute Gasteiger partial charge is 0.318 e. The van der Waals surface area contributed by atoms with Crippen LogP contribution in [0.25, 0.3) is 6.08 Å². The third-order valence-corrected chi connectivity index (χ3v) is 1.58. The minimum absolute atomic E-state index is 0.880. The van der Waals surface area contributed by atoms with Gasteiger partial charge < -0.3 is 5.43 Å². The number of hydrogen-bond acceptors (Lipinski definition) is 2. The van der Waals surface area contributed by atoms with Gasteiger partial charge in [-0.2, -0.15) is 4.57 Å². The molecule has 0 spiro atoms. The summed E-state index contributed by atoms with van der Waals surface area (Å²) in [4.78, 5) is 0. The van der Waals surface area contributed by atoms with Crippen molar-refractivity contribution in [2.75, 3.05) is 5.43 Å². The second-order valence-corrected chi connectivity index (χ2v) is 2.27. The van der Waals surface area contributed by atoms with E-state index in [1.807, 2.05) is 29.9 Å². The third kappa shape index (κ3) is 1.38. The number of anilines is 1. The molecule has 3 N–H and O–H groups in total. The van der Waals surface area contributed by atoms with E-state index in [1.165, 1.54) is 0 Å². The first kappa shape index (κ1) is 7.75. The number of aromatic nitrogens is 1. The van der Waals surface area contributed by atoms with Gasteiger partial charge in [0.1, 0.15) is 12.7 Å². The lowest BCUT2D eigenvalue weighted by Gasteiger charge is -2.00. The van der Waals surface area contributed by atoms with E-state index in [0.29, 0.717) is 0 Å². The molecular formula is C8H12N3+. The number of pyridine rings is 1. The Balaban J connectivity index is 3.24. The summed E-state index contributed by atoms with van der Waals surface area (Å²) < 4.78 is 1.95. The maximum atomic E-state index is 5.28. The van der Waals surface area contributed by atoms with Gasteiger partial charge >= 0.3 is 0 Å². The highest BCUT2D eigenvalue weighted by Gasteiger charge is 2.06. The summed E-state index contributed by atoms with van der Waals surface area (Å²) in [5.41, 5.74) is 4.46. The van der Waals surface area contributed by atoms with E-state index in [2.05, 4.69) is 12.0 Å². The van der Waals surface area contributed by atoms with E-state index in [1.54, 1.807) is 6.08 Å². The van der Waals surface area contributed by atoms with Crippen LogP contribution in [-0.2, 0) is 7.05 Å². The van der Waals surface area contributed by atoms with E-state index >= 15 is 0 Å². The summed E-state index contributed by atoms with van der Waals surface area (Å²) in [7, 11) is 1.94. The number of nitrogens with zero attached hydrogens (tertiary/aromatic N) is 1. The molecule has 0 aromatic carbocycles. The average molecular weight is 150 g/mol. The fraction of sp³-hybridized carbons (Fsp3) is 0.125. The predicted molar refractivity (Wildman–Crippen MR) is 45.5 cm³/mol. The van der Waals surface area contributed by atoms with E-state index in [9.17, 15) is 0 Å². The molecule has 0 amide bonds. The van der Waals surface area contributed by atoms with Gasteiger partial charge in [-0.05, 0) is 6.07 Å². The Labute approximate surface area is 66.1 Å². The molecule has 0 aliphatic rings. The van der Waals surface area contributed by atoms with Gasteiger partial charge in [0.05, 0.1) is 0 Å². The van der Waals surface area contributed by atoms with Crippen LogP contribution in [0.5, 0.6) is 0 Å². The molecule has 0 aliphatic carbocycles. The molecule has 1 heterocycles. The number of rotatable bonds is 2. The highest BCUT2D eigenvalue weighted by atomic mass is 15.2. The number of hydrogen-bond donors (Lipinski definition) is 2. The molecule has 0 saturated carbocycles. The number of hydrazine groups is 1. The molecule has 1 aromatic heterocycles. The highest BCUT2D eigenvalue weighted by Crippen LogP contribution is 2.08. The Morgan fingerprint density at radius 3 is 2.91 bits per heavy atom. The van der Waals surface area contributed by atoms with Gasteiger partial charge in [0.25, 0.3) is 0 Å². The zero-order chi connectivity index (χ0) is 8.27. The van der Waals surface area contributed by atoms with Crippen molar-refractivity contribution in [3.63, 3.8) is 0 Å². The Bertz CT molecular complexity index is 268. The summed E-state index contributed by atoms with van der Waals surface area (Å²) >= 11 is 0. The van der Waals surface area contributed by atoms with Gasteiger partial charge in [-0.25, -0.2) is 0 Å². The lowest BCUT2D eigenvalue weighted by molar-refractivity contribution is -0.672. The molecule has 0 atom stereocenters. The molecule has 0 bridgehead atoms. The first-order chi connectivity index (χ1) is 5.29. The Morgan fingerprint density at radius 1 is 1.73 bits per heavy atom. The second kappa shape index (κ2) is 3.16. The summed E-state index contributed by atoms with van der Waals surface area (Å²) in [6, 6.07) is 3.82. The van der Waals surface area contributed by atoms with Gasteiger partial charge in [0, 0.05) is 12.1 Å². The topological polar surface area (TPSA) is 41.9 Å². The zero-order valence-corrected chi connectivity index (χ0v) is 6.54. The lowest BCUT2D eigenvalue weighted by atomic mass is 10.3. The molecule has 0 radical (unpaired) electrons. The predicted octanol–water partition coefficient (Wildman–Crippen LogP) is 0.440. The van der Waals surface area contributed by atoms with Crippen molar-refractivity contribution in [3.8, 4) is 0 Å². The van der Waals surface area contributed by atoms with Crippen LogP contribution in [0.4, 0.5) is 5.69 Å². The van der Waals surface area contributed by atoms with Crippen molar-refractivity contribution in [1.29, 1.82) is 0 Å². The molecule has 1 rings (SSSR count). The molecule has 58 valence electrons. The summed E-state index contributed by atoms with van der Waals surface area (Å²) in [6.45, 7) is 3.68. The summed E-state index contributed by atoms with van der Waals surface area (Å²) in [6.07, 6.45) is 3.70. The van der Waals surface area contributed by atoms with Crippen molar-refractivity contribution in [3.05, 3.63) is 30.6 Å². The maximum absolute atomic E-state index is 5.28. The van der Waals surface area contributed by atoms with Crippen molar-refractivity contribution >= 4 is 11.8 Å². The molecule has 0 saturated heterocycles. The van der Waals surface area contributed by atoms with Crippen LogP contribution in [0.15, 0.2) is 24.9 Å². The first-order valence-corrected chi connectivity index (χ1v) is 3.37. The third-order valence-electron chi connectivity index (χ3n) is 1.58. The smallest absolute Gasteiger partial charge is 0.229 e. The number of nitrogen functional groups attached to an aromatic ring is 1. The van der Waals surface area contributed by atoms with Crippen LogP contribution in [0.3, 0.4) is 0 Å². The average Bonchev–Trinajstić information content (AvgIpc) is 2.04. The van der Waals surface area contributed by atoms with Gasteiger partial charge in [-0.1, -0.05) is 6.58 Å². The lowest BCUT2D eigenvalue weighted by Crippen LogP contribution is -2.32. The van der Waals surface area contributed by atoms with Crippen LogP contribution in [-0.4, -0.2) is 0 Å². The van der Waals surface area contributed by atoms with Crippen LogP contribution < -0.4 is 15.8 Å². The molecule has 3 heteroatoms. The summed E-state index contributed by atoms with van der Waals surface area (Å²) in [5.74, 6) is 5.28. The van der Waals surface area contributed by atoms with E-state index in [0.717, 1.165) is 11.4 Å². The molecule has 1 aromatic rings. The van der Waals surface area contributed by atoms with E-state index < -0.39 is 0 Å². The fourth-order valence-corrected chi connectivity index (χ4v) is 1.00. The quantitative estimate of drug-likeness (QED) is 0.365. The standard InChI is InChI=1S/C8H12N3/c1-3-8-7(10-9)5-4-6-11(8)2/h3-6,10H,1,9H2,2H3/q+1. The first-order valence-electron chi connectivity index (χ1n) is 3.37. The SMILES string of the molecule is C=Cc1c(NN)ccc[n+]1C. The van der Waals surface area contributed by atoms with Crippen LogP contribution >= 0.6 is 0 Å². The second-order valence-electron chi connectivity index (χ2n) is 2.27. The molecule has 0 unspecified atom stereocenters. The van der Waals surface area contributed by atoms with Crippen molar-refractivity contribution in [2.45, 2.75) is 0 Å². The minimum Gasteiger partial charge on any atom is -0.318 e. The van der Waals surface area contributed by atoms with Crippen molar-refractivity contribution in [1.82, 2.24) is 0 Å². The van der Waals surface area contributed by atoms with Gasteiger partial charge in [0.2, 0.25) is 5.69 Å². The molecular weight excluding hydrogens is 138 g/mol. The molecule has 3 nitrogen and oxygen atoms in total. The van der Waals surface area contributed by atoms with Gasteiger partial charge in [0.15, 0.2) is 6.20 Å². The molecule has 0 fully saturated rings. The number of nitrogens with two attached hydrogens (primary N) is 1. The number of aryl methyl sites for hydroxylation is 1. The Kier molecular flexibility index (Phi) is 2.23. The normalized spacial score (nSPS) is 9.27. The highest BCUT2D eigenvalue weighted by molar-refractivity contribution is 5.58. The number of nitrogens with one attached hydrogen (secondary N) is 1. The maximum Gasteiger partial charge on any atom is 0.229 e. The summed E-state index contributed by atoms with van der Waals surface area (Å²) in [5, 5.41) is 0. The van der Waals surface area contributed by atoms with Crippen molar-refractivity contribution in [2.24, 2.45) is 12.9 Å². The Hall–Kier alpha value is -1.35. The fourth-order valence-electron chi connectivity index (χ4n) is 1.00. The van der Waals surface area contributed by atoms with E-state index in [4.69, 9.17) is 5.84 Å². The van der Waals surface area contributed by atoms with E-state index in [-0.39, 0.29) is 0 Å². The Morgan fingerprint density at radius 2 is 2.45 bits per heavy atom. The van der Waals surface area contributed by atoms with Gasteiger partial charge in [-0.3, -0.25) is 5.84 Å². The molecule has 0 aliphatic heterocycles. The van der Waals surface area contributed by atoms with Crippen LogP contribution in [0.1, 0.15) is 5.69 Å². The van der Waals surface area contributed by atoms with Gasteiger partial charge in [-0.15, -0.1) is 0 Å². The van der Waals surface area contributed by atoms with Crippen molar-refractivity contribution < 1.29 is 4.57 Å². The monoisotopic (exact) mass is 150 g/mol. The zero-order valence-electron chi connectivity index (χ0n) is 6.54. The van der Waals surface area contributed by atoms with Crippen LogP contribution in [0.2, 0.25) is 0 Å². The minimum atomic E-state index is 0.880. The molecule has 11 heavy (non-hydrogen) atoms.